The van der Waals surface area contributed by atoms with Crippen LogP contribution in [0.15, 0.2) is 5.38 Å². The van der Waals surface area contributed by atoms with Gasteiger partial charge in [-0.2, -0.15) is 0 Å². The number of piperazine rings is 1. The van der Waals surface area contributed by atoms with Gasteiger partial charge in [-0.15, -0.1) is 11.3 Å². The molecule has 0 radical (unpaired) electrons. The molecule has 0 atom stereocenters. The fourth-order valence-corrected chi connectivity index (χ4v) is 2.24. The topological polar surface area (TPSA) is 90.8 Å². The third kappa shape index (κ3) is 2.33. The number of hydrogen-bond acceptors (Lipinski definition) is 5. The fraction of sp³-hybridized carbons (Fsp3) is 0.400. The normalized spacial score (nSPS) is 16.3. The van der Waals surface area contributed by atoms with Gasteiger partial charge in [-0.3, -0.25) is 9.59 Å². The standard InChI is InChI=1S/C10H11N3O4S/c1-12-2-3-13(9(15)8(12)14)4-6-5-18-7(11-6)10(16)17/h5H,2-4H2,1H3,(H,16,17). The summed E-state index contributed by atoms with van der Waals surface area (Å²) >= 11 is 1.00. The van der Waals surface area contributed by atoms with Crippen LogP contribution in [-0.2, 0) is 16.1 Å². The Morgan fingerprint density at radius 3 is 2.78 bits per heavy atom. The predicted octanol–water partition coefficient (Wildman–Crippen LogP) is -0.358. The number of carboxylic acids is 1. The molecule has 1 aromatic heterocycles. The highest BCUT2D eigenvalue weighted by Crippen LogP contribution is 2.13. The monoisotopic (exact) mass is 269 g/mol. The summed E-state index contributed by atoms with van der Waals surface area (Å²) < 4.78 is 0. The Hall–Kier alpha value is -1.96. The minimum atomic E-state index is -1.09. The summed E-state index contributed by atoms with van der Waals surface area (Å²) in [6.45, 7) is 1.07. The number of aromatic carboxylic acids is 1. The average Bonchev–Trinajstić information content (AvgIpc) is 2.79. The van der Waals surface area contributed by atoms with E-state index in [1.54, 1.807) is 12.4 Å². The predicted molar refractivity (Wildman–Crippen MR) is 62.1 cm³/mol. The summed E-state index contributed by atoms with van der Waals surface area (Å²) in [4.78, 5) is 40.4. The second-order valence-electron chi connectivity index (χ2n) is 3.90. The van der Waals surface area contributed by atoms with Crippen molar-refractivity contribution in [2.24, 2.45) is 0 Å². The lowest BCUT2D eigenvalue weighted by Gasteiger charge is -2.30. The summed E-state index contributed by atoms with van der Waals surface area (Å²) in [6, 6.07) is 0. The van der Waals surface area contributed by atoms with Gasteiger partial charge >= 0.3 is 17.8 Å². The fourth-order valence-electron chi connectivity index (χ4n) is 1.60. The first kappa shape index (κ1) is 12.5. The Kier molecular flexibility index (Phi) is 3.28. The molecule has 2 rings (SSSR count). The van der Waals surface area contributed by atoms with Crippen molar-refractivity contribution in [2.45, 2.75) is 6.54 Å². The number of carbonyl (C=O) groups excluding carboxylic acids is 2. The minimum absolute atomic E-state index is 0.0158. The van der Waals surface area contributed by atoms with Crippen LogP contribution in [-0.4, -0.2) is 57.8 Å². The van der Waals surface area contributed by atoms with Crippen LogP contribution in [0.3, 0.4) is 0 Å². The molecule has 1 aromatic rings. The van der Waals surface area contributed by atoms with Crippen LogP contribution < -0.4 is 0 Å². The molecule has 1 saturated heterocycles. The lowest BCUT2D eigenvalue weighted by atomic mass is 10.3. The van der Waals surface area contributed by atoms with Crippen molar-refractivity contribution in [1.29, 1.82) is 0 Å². The maximum atomic E-state index is 11.7. The van der Waals surface area contributed by atoms with Gasteiger partial charge in [0, 0.05) is 25.5 Å². The number of hydrogen-bond donors (Lipinski definition) is 1. The highest BCUT2D eigenvalue weighted by molar-refractivity contribution is 7.11. The molecule has 1 N–H and O–H groups in total. The molecule has 0 aliphatic carbocycles. The molecule has 0 unspecified atom stereocenters. The summed E-state index contributed by atoms with van der Waals surface area (Å²) in [5.74, 6) is -2.21. The van der Waals surface area contributed by atoms with E-state index in [0.29, 0.717) is 18.8 Å². The minimum Gasteiger partial charge on any atom is -0.476 e. The van der Waals surface area contributed by atoms with Gasteiger partial charge in [0.1, 0.15) is 0 Å². The second-order valence-corrected chi connectivity index (χ2v) is 4.76. The molecule has 96 valence electrons. The molecular formula is C10H11N3O4S. The SMILES string of the molecule is CN1CCN(Cc2csc(C(=O)O)n2)C(=O)C1=O. The maximum Gasteiger partial charge on any atom is 0.365 e. The van der Waals surface area contributed by atoms with Gasteiger partial charge in [0.25, 0.3) is 0 Å². The Morgan fingerprint density at radius 2 is 2.17 bits per heavy atom. The van der Waals surface area contributed by atoms with Crippen molar-refractivity contribution < 1.29 is 19.5 Å². The summed E-state index contributed by atoms with van der Waals surface area (Å²) in [5, 5.41) is 10.3. The average molecular weight is 269 g/mol. The Balaban J connectivity index is 2.07. The first-order valence-corrected chi connectivity index (χ1v) is 6.09. The van der Waals surface area contributed by atoms with Crippen LogP contribution in [0.4, 0.5) is 0 Å². The van der Waals surface area contributed by atoms with Crippen LogP contribution in [0.25, 0.3) is 0 Å². The number of carbonyl (C=O) groups is 3. The van der Waals surface area contributed by atoms with Crippen molar-refractivity contribution in [1.82, 2.24) is 14.8 Å². The molecule has 8 heteroatoms. The summed E-state index contributed by atoms with van der Waals surface area (Å²) in [5.41, 5.74) is 0.489. The summed E-state index contributed by atoms with van der Waals surface area (Å²) in [7, 11) is 1.57. The van der Waals surface area contributed by atoms with Crippen molar-refractivity contribution in [3.63, 3.8) is 0 Å². The molecule has 2 amide bonds. The number of thiazole rings is 1. The molecular weight excluding hydrogens is 258 g/mol. The first-order chi connectivity index (χ1) is 8.49. The number of rotatable bonds is 3. The third-order valence-corrected chi connectivity index (χ3v) is 3.49. The Morgan fingerprint density at radius 1 is 1.44 bits per heavy atom. The highest BCUT2D eigenvalue weighted by Gasteiger charge is 2.30. The van der Waals surface area contributed by atoms with Gasteiger partial charge in [-0.25, -0.2) is 9.78 Å². The lowest BCUT2D eigenvalue weighted by molar-refractivity contribution is -0.155. The zero-order valence-electron chi connectivity index (χ0n) is 9.62. The number of nitrogens with zero attached hydrogens (tertiary/aromatic N) is 3. The zero-order valence-corrected chi connectivity index (χ0v) is 10.4. The smallest absolute Gasteiger partial charge is 0.365 e. The molecule has 18 heavy (non-hydrogen) atoms. The first-order valence-electron chi connectivity index (χ1n) is 5.21. The van der Waals surface area contributed by atoms with Crippen LogP contribution in [0, 0.1) is 0 Å². The summed E-state index contributed by atoms with van der Waals surface area (Å²) in [6.07, 6.45) is 0. The number of amides is 2. The zero-order chi connectivity index (χ0) is 13.3. The molecule has 1 aliphatic heterocycles. The Labute approximate surface area is 107 Å². The van der Waals surface area contributed by atoms with E-state index in [1.165, 1.54) is 9.80 Å². The van der Waals surface area contributed by atoms with Gasteiger partial charge in [-0.05, 0) is 0 Å². The number of carboxylic acid groups (broad SMARTS) is 1. The van der Waals surface area contributed by atoms with Gasteiger partial charge in [0.15, 0.2) is 0 Å². The van der Waals surface area contributed by atoms with E-state index in [4.69, 9.17) is 5.11 Å². The van der Waals surface area contributed by atoms with Gasteiger partial charge in [0.05, 0.1) is 12.2 Å². The molecule has 1 aliphatic rings. The van der Waals surface area contributed by atoms with E-state index in [2.05, 4.69) is 4.98 Å². The maximum absolute atomic E-state index is 11.7. The van der Waals surface area contributed by atoms with Crippen LogP contribution in [0.1, 0.15) is 15.5 Å². The van der Waals surface area contributed by atoms with Crippen LogP contribution in [0.2, 0.25) is 0 Å². The largest absolute Gasteiger partial charge is 0.476 e. The van der Waals surface area contributed by atoms with Gasteiger partial charge in [-0.1, -0.05) is 0 Å². The van der Waals surface area contributed by atoms with Crippen molar-refractivity contribution in [2.75, 3.05) is 20.1 Å². The molecule has 2 heterocycles. The van der Waals surface area contributed by atoms with Crippen molar-refractivity contribution in [3.05, 3.63) is 16.1 Å². The quantitative estimate of drug-likeness (QED) is 0.757. The molecule has 0 bridgehead atoms. The Bertz CT molecular complexity index is 513. The van der Waals surface area contributed by atoms with Crippen molar-refractivity contribution in [3.8, 4) is 0 Å². The third-order valence-electron chi connectivity index (χ3n) is 2.61. The van der Waals surface area contributed by atoms with Crippen molar-refractivity contribution >= 4 is 29.1 Å². The molecule has 7 nitrogen and oxygen atoms in total. The second kappa shape index (κ2) is 4.73. The van der Waals surface area contributed by atoms with E-state index in [9.17, 15) is 14.4 Å². The van der Waals surface area contributed by atoms with E-state index in [0.717, 1.165) is 11.3 Å². The highest BCUT2D eigenvalue weighted by atomic mass is 32.1. The van der Waals surface area contributed by atoms with E-state index in [1.807, 2.05) is 0 Å². The van der Waals surface area contributed by atoms with Gasteiger partial charge < -0.3 is 14.9 Å². The lowest BCUT2D eigenvalue weighted by Crippen LogP contribution is -2.52. The van der Waals surface area contributed by atoms with E-state index < -0.39 is 17.8 Å². The number of aromatic nitrogens is 1. The molecule has 0 spiro atoms. The molecule has 1 fully saturated rings. The van der Waals surface area contributed by atoms with Crippen LogP contribution >= 0.6 is 11.3 Å². The van der Waals surface area contributed by atoms with Crippen LogP contribution in [0.5, 0.6) is 0 Å². The van der Waals surface area contributed by atoms with E-state index in [-0.39, 0.29) is 11.6 Å². The number of likely N-dealkylation sites (N-methyl/N-ethyl adjacent to an activating group) is 1. The van der Waals surface area contributed by atoms with E-state index >= 15 is 0 Å². The molecule has 0 saturated carbocycles. The van der Waals surface area contributed by atoms with Gasteiger partial charge in [0.2, 0.25) is 5.01 Å². The molecule has 0 aromatic carbocycles.